The molecule has 1 aromatic rings. The second kappa shape index (κ2) is 5.57. The topological polar surface area (TPSA) is 43.4 Å². The Labute approximate surface area is 123 Å². The molecular formula is C16H17ClO3. The number of hydrogen-bond donors (Lipinski definition) is 0. The predicted molar refractivity (Wildman–Crippen MR) is 75.7 cm³/mol. The van der Waals surface area contributed by atoms with E-state index in [2.05, 4.69) is 0 Å². The maximum absolute atomic E-state index is 12.6. The van der Waals surface area contributed by atoms with Crippen molar-refractivity contribution in [2.45, 2.75) is 38.2 Å². The lowest BCUT2D eigenvalue weighted by molar-refractivity contribution is -0.143. The Balaban J connectivity index is 1.85. The van der Waals surface area contributed by atoms with Gasteiger partial charge in [-0.15, -0.1) is 0 Å². The van der Waals surface area contributed by atoms with Crippen molar-refractivity contribution in [2.75, 3.05) is 0 Å². The van der Waals surface area contributed by atoms with Gasteiger partial charge in [0.25, 0.3) is 0 Å². The highest BCUT2D eigenvalue weighted by atomic mass is 35.5. The van der Waals surface area contributed by atoms with E-state index in [4.69, 9.17) is 16.3 Å². The van der Waals surface area contributed by atoms with Crippen LogP contribution in [0.15, 0.2) is 24.3 Å². The van der Waals surface area contributed by atoms with Crippen molar-refractivity contribution < 1.29 is 14.3 Å². The van der Waals surface area contributed by atoms with E-state index in [0.29, 0.717) is 10.6 Å². The first kappa shape index (κ1) is 13.6. The minimum atomic E-state index is -0.626. The van der Waals surface area contributed by atoms with E-state index >= 15 is 0 Å². The second-order valence-electron chi connectivity index (χ2n) is 5.63. The molecule has 0 unspecified atom stereocenters. The van der Waals surface area contributed by atoms with Crippen LogP contribution >= 0.6 is 11.6 Å². The minimum absolute atomic E-state index is 0.0492. The van der Waals surface area contributed by atoms with Gasteiger partial charge in [-0.25, -0.2) is 0 Å². The summed E-state index contributed by atoms with van der Waals surface area (Å²) in [4.78, 5) is 24.7. The molecule has 1 saturated carbocycles. The Morgan fingerprint density at radius 3 is 2.55 bits per heavy atom. The number of carbonyl (C=O) groups is 2. The fraction of sp³-hybridized carbons (Fsp3) is 0.500. The Morgan fingerprint density at radius 1 is 1.10 bits per heavy atom. The van der Waals surface area contributed by atoms with Crippen molar-refractivity contribution >= 4 is 23.4 Å². The van der Waals surface area contributed by atoms with Crippen LogP contribution < -0.4 is 0 Å². The first-order valence-electron chi connectivity index (χ1n) is 7.17. The summed E-state index contributed by atoms with van der Waals surface area (Å²) in [7, 11) is 0. The average molecular weight is 293 g/mol. The van der Waals surface area contributed by atoms with Gasteiger partial charge in [0.2, 0.25) is 0 Å². The molecule has 1 aliphatic carbocycles. The van der Waals surface area contributed by atoms with Crippen molar-refractivity contribution in [3.8, 4) is 0 Å². The summed E-state index contributed by atoms with van der Waals surface area (Å²) in [6.45, 7) is 0. The van der Waals surface area contributed by atoms with Crippen molar-refractivity contribution in [1.29, 1.82) is 0 Å². The fourth-order valence-corrected chi connectivity index (χ4v) is 3.45. The molecule has 1 aromatic carbocycles. The molecule has 0 N–H and O–H groups in total. The van der Waals surface area contributed by atoms with Crippen LogP contribution in [-0.2, 0) is 9.53 Å². The van der Waals surface area contributed by atoms with E-state index in [1.165, 1.54) is 0 Å². The zero-order chi connectivity index (χ0) is 14.1. The Hall–Kier alpha value is -1.35. The summed E-state index contributed by atoms with van der Waals surface area (Å²) < 4.78 is 5.44. The number of rotatable bonds is 2. The number of carbonyl (C=O) groups excluding carboxylic acids is 2. The highest BCUT2D eigenvalue weighted by molar-refractivity contribution is 6.30. The molecule has 0 amide bonds. The number of ether oxygens (including phenoxy) is 1. The van der Waals surface area contributed by atoms with Crippen LogP contribution in [-0.4, -0.2) is 17.9 Å². The van der Waals surface area contributed by atoms with Gasteiger partial charge >= 0.3 is 5.97 Å². The number of esters is 1. The van der Waals surface area contributed by atoms with Gasteiger partial charge in [-0.1, -0.05) is 24.4 Å². The van der Waals surface area contributed by atoms with E-state index < -0.39 is 5.92 Å². The molecule has 1 heterocycles. The monoisotopic (exact) mass is 292 g/mol. The van der Waals surface area contributed by atoms with Gasteiger partial charge in [-0.05, 0) is 43.5 Å². The summed E-state index contributed by atoms with van der Waals surface area (Å²) in [6.07, 6.45) is 5.04. The van der Waals surface area contributed by atoms with Gasteiger partial charge in [0, 0.05) is 16.5 Å². The Kier molecular flexibility index (Phi) is 3.79. The molecule has 20 heavy (non-hydrogen) atoms. The molecule has 3 nitrogen and oxygen atoms in total. The molecule has 4 heteroatoms. The maximum atomic E-state index is 12.6. The van der Waals surface area contributed by atoms with Gasteiger partial charge in [-0.2, -0.15) is 0 Å². The third-order valence-corrected chi connectivity index (χ3v) is 4.62. The molecule has 3 atom stereocenters. The highest BCUT2D eigenvalue weighted by Gasteiger charge is 2.48. The van der Waals surface area contributed by atoms with Gasteiger partial charge in [-0.3, -0.25) is 9.59 Å². The average Bonchev–Trinajstić information content (AvgIpc) is 2.60. The summed E-state index contributed by atoms with van der Waals surface area (Å²) >= 11 is 5.83. The zero-order valence-electron chi connectivity index (χ0n) is 11.2. The lowest BCUT2D eigenvalue weighted by Crippen LogP contribution is -2.27. The summed E-state index contributed by atoms with van der Waals surface area (Å²) in [5, 5.41) is 0.586. The number of Topliss-reactive ketones (excluding diaryl/α,β-unsaturated/α-hetero) is 1. The van der Waals surface area contributed by atoms with Gasteiger partial charge in [0.1, 0.15) is 12.0 Å². The molecule has 0 aromatic heterocycles. The van der Waals surface area contributed by atoms with Crippen LogP contribution in [0.5, 0.6) is 0 Å². The lowest BCUT2D eigenvalue weighted by Gasteiger charge is -2.17. The summed E-state index contributed by atoms with van der Waals surface area (Å²) in [5.74, 6) is -1.05. The molecule has 0 radical (unpaired) electrons. The Morgan fingerprint density at radius 2 is 1.80 bits per heavy atom. The molecule has 0 bridgehead atoms. The van der Waals surface area contributed by atoms with Gasteiger partial charge in [0.15, 0.2) is 5.78 Å². The second-order valence-corrected chi connectivity index (χ2v) is 6.06. The Bertz CT molecular complexity index is 523. The van der Waals surface area contributed by atoms with E-state index in [9.17, 15) is 9.59 Å². The summed E-state index contributed by atoms with van der Waals surface area (Å²) in [5.41, 5.74) is 0.543. The summed E-state index contributed by atoms with van der Waals surface area (Å²) in [6, 6.07) is 6.73. The fourth-order valence-electron chi connectivity index (χ4n) is 3.32. The van der Waals surface area contributed by atoms with Crippen LogP contribution in [0.3, 0.4) is 0 Å². The quantitative estimate of drug-likeness (QED) is 0.475. The molecule has 2 fully saturated rings. The third-order valence-electron chi connectivity index (χ3n) is 4.36. The number of benzene rings is 1. The molecule has 106 valence electrons. The van der Waals surface area contributed by atoms with Crippen LogP contribution in [0.4, 0.5) is 0 Å². The normalized spacial score (nSPS) is 29.4. The first-order chi connectivity index (χ1) is 9.66. The third kappa shape index (κ3) is 2.47. The van der Waals surface area contributed by atoms with E-state index in [1.54, 1.807) is 24.3 Å². The van der Waals surface area contributed by atoms with Crippen LogP contribution in [0.25, 0.3) is 0 Å². The molecular weight excluding hydrogens is 276 g/mol. The van der Waals surface area contributed by atoms with Crippen molar-refractivity contribution in [3.63, 3.8) is 0 Å². The number of fused-ring (bicyclic) bond motifs is 1. The number of halogens is 1. The van der Waals surface area contributed by atoms with Crippen molar-refractivity contribution in [2.24, 2.45) is 11.8 Å². The van der Waals surface area contributed by atoms with E-state index in [0.717, 1.165) is 32.1 Å². The lowest BCUT2D eigenvalue weighted by atomic mass is 9.82. The van der Waals surface area contributed by atoms with Crippen LogP contribution in [0, 0.1) is 11.8 Å². The van der Waals surface area contributed by atoms with E-state index in [1.807, 2.05) is 0 Å². The maximum Gasteiger partial charge on any atom is 0.317 e. The van der Waals surface area contributed by atoms with Crippen LogP contribution in [0.1, 0.15) is 42.5 Å². The predicted octanol–water partition coefficient (Wildman–Crippen LogP) is 3.64. The van der Waals surface area contributed by atoms with Gasteiger partial charge in [0.05, 0.1) is 0 Å². The number of hydrogen-bond acceptors (Lipinski definition) is 3. The first-order valence-corrected chi connectivity index (χ1v) is 7.55. The standard InChI is InChI=1S/C16H17ClO3/c17-11-8-6-10(7-9-11)15(18)14-12-4-2-1-3-5-13(12)20-16(14)19/h6-9,12-14H,1-5H2/t12-,13-,14-/m1/s1. The van der Waals surface area contributed by atoms with Crippen molar-refractivity contribution in [3.05, 3.63) is 34.9 Å². The molecule has 1 saturated heterocycles. The highest BCUT2D eigenvalue weighted by Crippen LogP contribution is 2.39. The molecule has 2 aliphatic rings. The minimum Gasteiger partial charge on any atom is -0.461 e. The van der Waals surface area contributed by atoms with E-state index in [-0.39, 0.29) is 23.8 Å². The smallest absolute Gasteiger partial charge is 0.317 e. The molecule has 3 rings (SSSR count). The largest absolute Gasteiger partial charge is 0.461 e. The van der Waals surface area contributed by atoms with Gasteiger partial charge < -0.3 is 4.74 Å². The number of ketones is 1. The SMILES string of the molecule is O=C1O[C@@H]2CCCCC[C@H]2[C@@H]1C(=O)c1ccc(Cl)cc1. The molecule has 1 aliphatic heterocycles. The van der Waals surface area contributed by atoms with Crippen molar-refractivity contribution in [1.82, 2.24) is 0 Å². The molecule has 0 spiro atoms. The zero-order valence-corrected chi connectivity index (χ0v) is 11.9. The van der Waals surface area contributed by atoms with Crippen LogP contribution in [0.2, 0.25) is 5.02 Å².